The number of halogens is 1. The zero-order valence-corrected chi connectivity index (χ0v) is 25.4. The Labute approximate surface area is 248 Å². The highest BCUT2D eigenvalue weighted by Gasteiger charge is 2.48. The molecule has 214 valence electrons. The van der Waals surface area contributed by atoms with Crippen molar-refractivity contribution in [2.75, 3.05) is 39.3 Å². The van der Waals surface area contributed by atoms with Crippen LogP contribution in [0.1, 0.15) is 74.8 Å². The molecule has 3 heterocycles. The quantitative estimate of drug-likeness (QED) is 0.363. The van der Waals surface area contributed by atoms with Gasteiger partial charge in [-0.3, -0.25) is 9.59 Å². The van der Waals surface area contributed by atoms with Crippen LogP contribution in [0.5, 0.6) is 0 Å². The highest BCUT2D eigenvalue weighted by Crippen LogP contribution is 2.43. The molecule has 2 aromatic carbocycles. The Morgan fingerprint density at radius 3 is 2.30 bits per heavy atom. The summed E-state index contributed by atoms with van der Waals surface area (Å²) >= 11 is 3.51. The van der Waals surface area contributed by atoms with Crippen LogP contribution in [0.15, 0.2) is 59.1 Å². The molecule has 1 spiro atoms. The lowest BCUT2D eigenvalue weighted by Crippen LogP contribution is -2.46. The van der Waals surface area contributed by atoms with E-state index in [0.29, 0.717) is 36.1 Å². The van der Waals surface area contributed by atoms with E-state index in [1.54, 1.807) is 0 Å². The average molecular weight is 607 g/mol. The average Bonchev–Trinajstić information content (AvgIpc) is 3.54. The van der Waals surface area contributed by atoms with E-state index in [2.05, 4.69) is 85.2 Å². The molecule has 6 heteroatoms. The summed E-state index contributed by atoms with van der Waals surface area (Å²) in [5.41, 5.74) is 2.38. The van der Waals surface area contributed by atoms with Gasteiger partial charge in [0.05, 0.1) is 5.41 Å². The summed E-state index contributed by atoms with van der Waals surface area (Å²) in [6, 6.07) is 19.2. The van der Waals surface area contributed by atoms with E-state index in [9.17, 15) is 9.59 Å². The van der Waals surface area contributed by atoms with Gasteiger partial charge >= 0.3 is 0 Å². The topological polar surface area (TPSA) is 43.9 Å². The van der Waals surface area contributed by atoms with Gasteiger partial charge in [-0.2, -0.15) is 0 Å². The van der Waals surface area contributed by atoms with Gasteiger partial charge in [0.2, 0.25) is 11.8 Å². The second kappa shape index (κ2) is 12.4. The first-order chi connectivity index (χ1) is 19.5. The highest BCUT2D eigenvalue weighted by molar-refractivity contribution is 9.10. The molecule has 4 aliphatic rings. The molecule has 6 rings (SSSR count). The molecule has 3 saturated heterocycles. The second-order valence-corrected chi connectivity index (χ2v) is 13.9. The van der Waals surface area contributed by atoms with Crippen molar-refractivity contribution in [1.82, 2.24) is 14.7 Å². The Morgan fingerprint density at radius 2 is 1.57 bits per heavy atom. The van der Waals surface area contributed by atoms with Gasteiger partial charge in [0.1, 0.15) is 0 Å². The molecule has 1 saturated carbocycles. The number of nitrogens with zero attached hydrogens (tertiary/aromatic N) is 3. The van der Waals surface area contributed by atoms with Crippen LogP contribution >= 0.6 is 15.9 Å². The number of carbonyl (C=O) groups excluding carboxylic acids is 2. The highest BCUT2D eigenvalue weighted by atomic mass is 79.9. The van der Waals surface area contributed by atoms with E-state index < -0.39 is 0 Å². The third kappa shape index (κ3) is 6.18. The van der Waals surface area contributed by atoms with Crippen LogP contribution in [0.2, 0.25) is 0 Å². The molecular formula is C34H44BrN3O2. The molecule has 5 nitrogen and oxygen atoms in total. The molecule has 2 amide bonds. The fourth-order valence-corrected chi connectivity index (χ4v) is 8.18. The number of benzene rings is 2. The SMILES string of the molecule is O=C(CC1CCCCC1)N1CC(CN2CCC3(CC2)CCN(Cc2ccc(Br)cc2)C3=O)C(c2ccccc2)C1. The molecule has 3 aliphatic heterocycles. The molecular weight excluding hydrogens is 562 g/mol. The maximum Gasteiger partial charge on any atom is 0.229 e. The molecule has 2 unspecified atom stereocenters. The van der Waals surface area contributed by atoms with Crippen LogP contribution in [0, 0.1) is 17.3 Å². The van der Waals surface area contributed by atoms with Crippen LogP contribution in [0.25, 0.3) is 0 Å². The second-order valence-electron chi connectivity index (χ2n) is 13.0. The zero-order valence-electron chi connectivity index (χ0n) is 23.8. The Balaban J connectivity index is 1.06. The first-order valence-electron chi connectivity index (χ1n) is 15.6. The van der Waals surface area contributed by atoms with E-state index in [4.69, 9.17) is 0 Å². The Morgan fingerprint density at radius 1 is 0.875 bits per heavy atom. The van der Waals surface area contributed by atoms with Crippen LogP contribution in [-0.4, -0.2) is 65.8 Å². The van der Waals surface area contributed by atoms with E-state index in [1.165, 1.54) is 43.2 Å². The monoisotopic (exact) mass is 605 g/mol. The molecule has 0 N–H and O–H groups in total. The Bertz CT molecular complexity index is 1160. The van der Waals surface area contributed by atoms with Crippen molar-refractivity contribution in [2.45, 2.75) is 70.3 Å². The molecule has 40 heavy (non-hydrogen) atoms. The fourth-order valence-electron chi connectivity index (χ4n) is 7.92. The van der Waals surface area contributed by atoms with E-state index >= 15 is 0 Å². The van der Waals surface area contributed by atoms with Crippen LogP contribution in [0.4, 0.5) is 0 Å². The lowest BCUT2D eigenvalue weighted by atomic mass is 9.76. The Hall–Kier alpha value is -2.18. The molecule has 1 aliphatic carbocycles. The van der Waals surface area contributed by atoms with Gasteiger partial charge in [-0.15, -0.1) is 0 Å². The summed E-state index contributed by atoms with van der Waals surface area (Å²) in [6.07, 6.45) is 9.97. The summed E-state index contributed by atoms with van der Waals surface area (Å²) in [5, 5.41) is 0. The molecule has 0 aromatic heterocycles. The number of carbonyl (C=O) groups is 2. The Kier molecular flexibility index (Phi) is 8.64. The number of hydrogen-bond donors (Lipinski definition) is 0. The molecule has 2 aromatic rings. The lowest BCUT2D eigenvalue weighted by molar-refractivity contribution is -0.139. The summed E-state index contributed by atoms with van der Waals surface area (Å²) in [6.45, 7) is 6.26. The largest absolute Gasteiger partial charge is 0.342 e. The van der Waals surface area contributed by atoms with Gasteiger partial charge in [0.15, 0.2) is 0 Å². The normalized spacial score (nSPS) is 25.7. The predicted octanol–water partition coefficient (Wildman–Crippen LogP) is 6.48. The minimum absolute atomic E-state index is 0.178. The van der Waals surface area contributed by atoms with Gasteiger partial charge < -0.3 is 14.7 Å². The first kappa shape index (κ1) is 28.0. The maximum atomic E-state index is 13.6. The minimum Gasteiger partial charge on any atom is -0.342 e. The van der Waals surface area contributed by atoms with E-state index in [1.807, 2.05) is 0 Å². The molecule has 0 radical (unpaired) electrons. The number of hydrogen-bond acceptors (Lipinski definition) is 3. The third-order valence-corrected chi connectivity index (χ3v) is 10.9. The third-order valence-electron chi connectivity index (χ3n) is 10.4. The molecule has 0 bridgehead atoms. The number of piperidine rings is 1. The molecule has 4 fully saturated rings. The number of rotatable bonds is 7. The van der Waals surface area contributed by atoms with Gasteiger partial charge in [0, 0.05) is 49.5 Å². The maximum absolute atomic E-state index is 13.6. The zero-order chi connectivity index (χ0) is 27.5. The standard InChI is InChI=1S/C34H44BrN3O2/c35-30-13-11-27(12-14-30)22-37-20-17-34(33(37)40)15-18-36(19-16-34)23-29-24-38(25-31(29)28-9-5-2-6-10-28)32(39)21-26-7-3-1-4-8-26/h2,5-6,9-14,26,29,31H,1,3-4,7-8,15-25H2. The van der Waals surface area contributed by atoms with Crippen molar-refractivity contribution < 1.29 is 9.59 Å². The van der Waals surface area contributed by atoms with Crippen molar-refractivity contribution in [1.29, 1.82) is 0 Å². The van der Waals surface area contributed by atoms with Gasteiger partial charge in [-0.25, -0.2) is 0 Å². The van der Waals surface area contributed by atoms with Crippen molar-refractivity contribution in [2.24, 2.45) is 17.3 Å². The van der Waals surface area contributed by atoms with Crippen molar-refractivity contribution in [3.8, 4) is 0 Å². The number of amides is 2. The fraction of sp³-hybridized carbons (Fsp3) is 0.588. The summed E-state index contributed by atoms with van der Waals surface area (Å²) < 4.78 is 1.07. The van der Waals surface area contributed by atoms with Gasteiger partial charge in [0.25, 0.3) is 0 Å². The first-order valence-corrected chi connectivity index (χ1v) is 16.4. The summed E-state index contributed by atoms with van der Waals surface area (Å²) in [5.74, 6) is 2.15. The summed E-state index contributed by atoms with van der Waals surface area (Å²) in [4.78, 5) is 33.8. The smallest absolute Gasteiger partial charge is 0.229 e. The van der Waals surface area contributed by atoms with Crippen molar-refractivity contribution in [3.63, 3.8) is 0 Å². The summed E-state index contributed by atoms with van der Waals surface area (Å²) in [7, 11) is 0. The van der Waals surface area contributed by atoms with E-state index in [-0.39, 0.29) is 5.41 Å². The predicted molar refractivity (Wildman–Crippen MR) is 163 cm³/mol. The van der Waals surface area contributed by atoms with Gasteiger partial charge in [-0.05, 0) is 80.3 Å². The van der Waals surface area contributed by atoms with Crippen LogP contribution < -0.4 is 0 Å². The van der Waals surface area contributed by atoms with Gasteiger partial charge in [-0.1, -0.05) is 77.7 Å². The number of likely N-dealkylation sites (tertiary alicyclic amines) is 3. The minimum atomic E-state index is -0.178. The van der Waals surface area contributed by atoms with Crippen LogP contribution in [-0.2, 0) is 16.1 Å². The van der Waals surface area contributed by atoms with Crippen LogP contribution in [0.3, 0.4) is 0 Å². The van der Waals surface area contributed by atoms with Crippen molar-refractivity contribution >= 4 is 27.7 Å². The van der Waals surface area contributed by atoms with Crippen molar-refractivity contribution in [3.05, 3.63) is 70.2 Å². The van der Waals surface area contributed by atoms with E-state index in [0.717, 1.165) is 69.4 Å². The lowest BCUT2D eigenvalue weighted by Gasteiger charge is -2.39. The molecule has 2 atom stereocenters.